The molecular weight excluding hydrogens is 333 g/mol. The van der Waals surface area contributed by atoms with Gasteiger partial charge in [0.1, 0.15) is 5.82 Å². The van der Waals surface area contributed by atoms with Crippen LogP contribution in [-0.2, 0) is 5.41 Å². The van der Waals surface area contributed by atoms with Gasteiger partial charge in [0.15, 0.2) is 0 Å². The minimum atomic E-state index is -0.246. The Bertz CT molecular complexity index is 1090. The van der Waals surface area contributed by atoms with Gasteiger partial charge in [-0.15, -0.1) is 0 Å². The molecule has 0 unspecified atom stereocenters. The van der Waals surface area contributed by atoms with E-state index in [4.69, 9.17) is 4.98 Å². The SMILES string of the molecule is CC(C)(C)c1ccc(-c2cc(-c3ccccc3)nc3ccc(F)cc23)cc1. The van der Waals surface area contributed by atoms with Gasteiger partial charge in [-0.3, -0.25) is 0 Å². The smallest absolute Gasteiger partial charge is 0.123 e. The van der Waals surface area contributed by atoms with Gasteiger partial charge in [0.05, 0.1) is 11.2 Å². The van der Waals surface area contributed by atoms with Crippen LogP contribution in [0.4, 0.5) is 4.39 Å². The number of benzene rings is 3. The van der Waals surface area contributed by atoms with Crippen LogP contribution in [0.25, 0.3) is 33.3 Å². The van der Waals surface area contributed by atoms with E-state index >= 15 is 0 Å². The molecule has 4 aromatic rings. The molecule has 3 aromatic carbocycles. The van der Waals surface area contributed by atoms with E-state index in [1.54, 1.807) is 12.1 Å². The first-order chi connectivity index (χ1) is 12.9. The fourth-order valence-electron chi connectivity index (χ4n) is 3.34. The predicted octanol–water partition coefficient (Wildman–Crippen LogP) is 7.01. The van der Waals surface area contributed by atoms with E-state index in [0.29, 0.717) is 0 Å². The third kappa shape index (κ3) is 3.48. The van der Waals surface area contributed by atoms with Crippen LogP contribution in [0.1, 0.15) is 26.3 Å². The Labute approximate surface area is 159 Å². The summed E-state index contributed by atoms with van der Waals surface area (Å²) in [6.45, 7) is 6.60. The van der Waals surface area contributed by atoms with E-state index < -0.39 is 0 Å². The quantitative estimate of drug-likeness (QED) is 0.377. The van der Waals surface area contributed by atoms with Crippen LogP contribution in [0.15, 0.2) is 78.9 Å². The van der Waals surface area contributed by atoms with Crippen LogP contribution in [0.5, 0.6) is 0 Å². The molecule has 0 aliphatic carbocycles. The Kier molecular flexibility index (Phi) is 4.27. The molecule has 0 N–H and O–H groups in total. The molecule has 0 fully saturated rings. The molecule has 1 aromatic heterocycles. The maximum atomic E-state index is 13.9. The van der Waals surface area contributed by atoms with Gasteiger partial charge in [-0.1, -0.05) is 75.4 Å². The zero-order valence-corrected chi connectivity index (χ0v) is 15.8. The van der Waals surface area contributed by atoms with Crippen LogP contribution in [0.2, 0.25) is 0 Å². The molecule has 0 spiro atoms. The molecule has 4 rings (SSSR count). The van der Waals surface area contributed by atoms with Gasteiger partial charge in [-0.05, 0) is 46.4 Å². The lowest BCUT2D eigenvalue weighted by Gasteiger charge is -2.19. The molecule has 1 heterocycles. The number of rotatable bonds is 2. The van der Waals surface area contributed by atoms with E-state index in [1.807, 2.05) is 30.3 Å². The Balaban J connectivity index is 1.93. The van der Waals surface area contributed by atoms with Crippen LogP contribution < -0.4 is 0 Å². The van der Waals surface area contributed by atoms with Crippen molar-refractivity contribution in [2.45, 2.75) is 26.2 Å². The van der Waals surface area contributed by atoms with Crippen LogP contribution in [-0.4, -0.2) is 4.98 Å². The van der Waals surface area contributed by atoms with Crippen molar-refractivity contribution in [3.05, 3.63) is 90.2 Å². The number of aromatic nitrogens is 1. The number of fused-ring (bicyclic) bond motifs is 1. The summed E-state index contributed by atoms with van der Waals surface area (Å²) in [5.41, 5.74) is 6.18. The van der Waals surface area contributed by atoms with Gasteiger partial charge in [0, 0.05) is 10.9 Å². The fraction of sp³-hybridized carbons (Fsp3) is 0.160. The minimum Gasteiger partial charge on any atom is -0.248 e. The number of nitrogens with zero attached hydrogens (tertiary/aromatic N) is 1. The van der Waals surface area contributed by atoms with Crippen molar-refractivity contribution in [3.8, 4) is 22.4 Å². The summed E-state index contributed by atoms with van der Waals surface area (Å²) in [4.78, 5) is 4.76. The van der Waals surface area contributed by atoms with Crippen LogP contribution in [0.3, 0.4) is 0 Å². The normalized spacial score (nSPS) is 11.7. The Morgan fingerprint density at radius 1 is 0.741 bits per heavy atom. The third-order valence-electron chi connectivity index (χ3n) is 4.90. The highest BCUT2D eigenvalue weighted by Crippen LogP contribution is 2.33. The van der Waals surface area contributed by atoms with Gasteiger partial charge in [-0.25, -0.2) is 9.37 Å². The molecule has 0 aliphatic rings. The standard InChI is InChI=1S/C25H22FN/c1-25(2,3)19-11-9-17(10-12-19)21-16-24(18-7-5-4-6-8-18)27-23-14-13-20(26)15-22(21)23/h4-16H,1-3H3. The van der Waals surface area contributed by atoms with Crippen molar-refractivity contribution < 1.29 is 4.39 Å². The minimum absolute atomic E-state index is 0.0974. The molecule has 134 valence electrons. The second kappa shape index (κ2) is 6.62. The highest BCUT2D eigenvalue weighted by Gasteiger charge is 2.15. The van der Waals surface area contributed by atoms with E-state index in [-0.39, 0.29) is 11.2 Å². The van der Waals surface area contributed by atoms with Crippen molar-refractivity contribution in [1.29, 1.82) is 0 Å². The van der Waals surface area contributed by atoms with Crippen molar-refractivity contribution in [2.24, 2.45) is 0 Å². The Morgan fingerprint density at radius 2 is 1.44 bits per heavy atom. The van der Waals surface area contributed by atoms with Crippen LogP contribution >= 0.6 is 0 Å². The first-order valence-corrected chi connectivity index (χ1v) is 9.18. The van der Waals surface area contributed by atoms with Gasteiger partial charge in [-0.2, -0.15) is 0 Å². The highest BCUT2D eigenvalue weighted by molar-refractivity contribution is 5.96. The summed E-state index contributed by atoms with van der Waals surface area (Å²) in [5.74, 6) is -0.246. The zero-order valence-electron chi connectivity index (χ0n) is 15.8. The highest BCUT2D eigenvalue weighted by atomic mass is 19.1. The van der Waals surface area contributed by atoms with Crippen LogP contribution in [0, 0.1) is 5.82 Å². The maximum Gasteiger partial charge on any atom is 0.123 e. The lowest BCUT2D eigenvalue weighted by molar-refractivity contribution is 0.590. The molecule has 0 saturated carbocycles. The van der Waals surface area contributed by atoms with Gasteiger partial charge < -0.3 is 0 Å². The molecule has 0 radical (unpaired) electrons. The molecule has 0 bridgehead atoms. The van der Waals surface area contributed by atoms with Gasteiger partial charge in [0.25, 0.3) is 0 Å². The zero-order chi connectivity index (χ0) is 19.0. The first-order valence-electron chi connectivity index (χ1n) is 9.18. The summed E-state index contributed by atoms with van der Waals surface area (Å²) in [6, 6.07) is 25.5. The van der Waals surface area contributed by atoms with Gasteiger partial charge >= 0.3 is 0 Å². The topological polar surface area (TPSA) is 12.9 Å². The van der Waals surface area contributed by atoms with E-state index in [1.165, 1.54) is 11.6 Å². The predicted molar refractivity (Wildman–Crippen MR) is 111 cm³/mol. The van der Waals surface area contributed by atoms with Crippen molar-refractivity contribution in [2.75, 3.05) is 0 Å². The van der Waals surface area contributed by atoms with E-state index in [0.717, 1.165) is 33.3 Å². The van der Waals surface area contributed by atoms with Gasteiger partial charge in [0.2, 0.25) is 0 Å². The fourth-order valence-corrected chi connectivity index (χ4v) is 3.34. The van der Waals surface area contributed by atoms with E-state index in [2.05, 4.69) is 51.1 Å². The second-order valence-electron chi connectivity index (χ2n) is 7.91. The summed E-state index contributed by atoms with van der Waals surface area (Å²) in [5, 5.41) is 0.832. The monoisotopic (exact) mass is 355 g/mol. The summed E-state index contributed by atoms with van der Waals surface area (Å²) < 4.78 is 13.9. The Morgan fingerprint density at radius 3 is 2.11 bits per heavy atom. The first kappa shape index (κ1) is 17.4. The second-order valence-corrected chi connectivity index (χ2v) is 7.91. The lowest BCUT2D eigenvalue weighted by Crippen LogP contribution is -2.10. The van der Waals surface area contributed by atoms with Crippen molar-refractivity contribution in [1.82, 2.24) is 4.98 Å². The molecule has 0 saturated heterocycles. The third-order valence-corrected chi connectivity index (χ3v) is 4.90. The summed E-state index contributed by atoms with van der Waals surface area (Å²) >= 11 is 0. The molecule has 0 amide bonds. The molecular formula is C25H22FN. The Hall–Kier alpha value is -3.00. The largest absolute Gasteiger partial charge is 0.248 e. The molecule has 0 aliphatic heterocycles. The van der Waals surface area contributed by atoms with Crippen molar-refractivity contribution in [3.63, 3.8) is 0 Å². The lowest BCUT2D eigenvalue weighted by atomic mass is 9.86. The number of pyridine rings is 1. The average Bonchev–Trinajstić information content (AvgIpc) is 2.67. The number of hydrogen-bond donors (Lipinski definition) is 0. The maximum absolute atomic E-state index is 13.9. The average molecular weight is 355 g/mol. The molecule has 0 atom stereocenters. The number of hydrogen-bond acceptors (Lipinski definition) is 1. The summed E-state index contributed by atoms with van der Waals surface area (Å²) in [6.07, 6.45) is 0. The molecule has 1 nitrogen and oxygen atoms in total. The van der Waals surface area contributed by atoms with Crippen molar-refractivity contribution >= 4 is 10.9 Å². The summed E-state index contributed by atoms with van der Waals surface area (Å²) in [7, 11) is 0. The molecule has 2 heteroatoms. The van der Waals surface area contributed by atoms with E-state index in [9.17, 15) is 4.39 Å². The number of halogens is 1. The molecule has 27 heavy (non-hydrogen) atoms.